The van der Waals surface area contributed by atoms with Crippen LogP contribution >= 0.6 is 0 Å². The van der Waals surface area contributed by atoms with Crippen molar-refractivity contribution in [2.24, 2.45) is 0 Å². The minimum absolute atomic E-state index is 0.0943. The summed E-state index contributed by atoms with van der Waals surface area (Å²) in [6.45, 7) is 3.98. The van der Waals surface area contributed by atoms with Crippen molar-refractivity contribution in [3.05, 3.63) is 59.2 Å². The summed E-state index contributed by atoms with van der Waals surface area (Å²) in [5.74, 6) is -0.226. The standard InChI is InChI=1S/C22H23NO5/c1-15-10-16(2)12-19(11-15)27-14-22(26)28-13-20(24)17-5-7-18(8-6-17)23-9-3-4-21(23)25/h5-8,10-12H,3-4,9,13-14H2,1-2H3. The number of hydrogen-bond donors (Lipinski definition) is 0. The molecule has 1 amide bonds. The Hall–Kier alpha value is -3.15. The maximum absolute atomic E-state index is 12.2. The average Bonchev–Trinajstić information content (AvgIpc) is 3.10. The molecule has 146 valence electrons. The van der Waals surface area contributed by atoms with E-state index in [-0.39, 0.29) is 24.9 Å². The molecular weight excluding hydrogens is 358 g/mol. The Labute approximate surface area is 164 Å². The van der Waals surface area contributed by atoms with Crippen molar-refractivity contribution < 1.29 is 23.9 Å². The smallest absolute Gasteiger partial charge is 0.344 e. The van der Waals surface area contributed by atoms with Gasteiger partial charge in [-0.1, -0.05) is 6.07 Å². The first-order chi connectivity index (χ1) is 13.4. The molecule has 0 N–H and O–H groups in total. The summed E-state index contributed by atoms with van der Waals surface area (Å²) in [4.78, 5) is 37.5. The number of carbonyl (C=O) groups is 3. The second-order valence-corrected chi connectivity index (χ2v) is 6.89. The van der Waals surface area contributed by atoms with Crippen LogP contribution in [-0.2, 0) is 14.3 Å². The first kappa shape index (κ1) is 19.6. The molecule has 28 heavy (non-hydrogen) atoms. The first-order valence-corrected chi connectivity index (χ1v) is 9.23. The highest BCUT2D eigenvalue weighted by molar-refractivity contribution is 5.99. The van der Waals surface area contributed by atoms with E-state index < -0.39 is 5.97 Å². The molecule has 2 aromatic rings. The zero-order valence-corrected chi connectivity index (χ0v) is 16.1. The maximum atomic E-state index is 12.2. The molecule has 0 saturated carbocycles. The van der Waals surface area contributed by atoms with Crippen molar-refractivity contribution in [3.63, 3.8) is 0 Å². The number of rotatable bonds is 7. The van der Waals surface area contributed by atoms with Gasteiger partial charge >= 0.3 is 5.97 Å². The molecule has 6 nitrogen and oxygen atoms in total. The van der Waals surface area contributed by atoms with Crippen LogP contribution < -0.4 is 9.64 Å². The fraction of sp³-hybridized carbons (Fsp3) is 0.318. The highest BCUT2D eigenvalue weighted by Crippen LogP contribution is 2.21. The van der Waals surface area contributed by atoms with Gasteiger partial charge in [0, 0.05) is 24.2 Å². The van der Waals surface area contributed by atoms with E-state index in [1.165, 1.54) is 0 Å². The summed E-state index contributed by atoms with van der Waals surface area (Å²) in [7, 11) is 0. The number of ether oxygens (including phenoxy) is 2. The number of aryl methyl sites for hydroxylation is 2. The molecule has 6 heteroatoms. The summed E-state index contributed by atoms with van der Waals surface area (Å²) in [5, 5.41) is 0. The summed E-state index contributed by atoms with van der Waals surface area (Å²) in [5.41, 5.74) is 3.28. The van der Waals surface area contributed by atoms with E-state index in [0.29, 0.717) is 24.3 Å². The number of hydrogen-bond acceptors (Lipinski definition) is 5. The summed E-state index contributed by atoms with van der Waals surface area (Å²) in [6, 6.07) is 12.4. The van der Waals surface area contributed by atoms with E-state index >= 15 is 0 Å². The third-order valence-electron chi connectivity index (χ3n) is 4.49. The van der Waals surface area contributed by atoms with Gasteiger partial charge in [0.05, 0.1) is 0 Å². The Morgan fingerprint density at radius 1 is 1.00 bits per heavy atom. The van der Waals surface area contributed by atoms with Crippen LogP contribution in [0.25, 0.3) is 0 Å². The Balaban J connectivity index is 1.48. The van der Waals surface area contributed by atoms with Crippen LogP contribution in [0.15, 0.2) is 42.5 Å². The summed E-state index contributed by atoms with van der Waals surface area (Å²) < 4.78 is 10.4. The van der Waals surface area contributed by atoms with Crippen molar-refractivity contribution in [1.82, 2.24) is 0 Å². The van der Waals surface area contributed by atoms with Crippen molar-refractivity contribution in [3.8, 4) is 5.75 Å². The molecule has 0 radical (unpaired) electrons. The Kier molecular flexibility index (Phi) is 6.09. The van der Waals surface area contributed by atoms with Crippen LogP contribution in [0.1, 0.15) is 34.3 Å². The molecule has 0 bridgehead atoms. The molecule has 2 aromatic carbocycles. The zero-order chi connectivity index (χ0) is 20.1. The average molecular weight is 381 g/mol. The minimum Gasteiger partial charge on any atom is -0.482 e. The largest absolute Gasteiger partial charge is 0.482 e. The molecule has 0 unspecified atom stereocenters. The first-order valence-electron chi connectivity index (χ1n) is 9.23. The lowest BCUT2D eigenvalue weighted by molar-refractivity contribution is -0.144. The molecule has 0 aliphatic carbocycles. The summed E-state index contributed by atoms with van der Waals surface area (Å²) in [6.07, 6.45) is 1.40. The van der Waals surface area contributed by atoms with Crippen LogP contribution in [0.2, 0.25) is 0 Å². The molecule has 1 aliphatic rings. The summed E-state index contributed by atoms with van der Waals surface area (Å²) >= 11 is 0. The maximum Gasteiger partial charge on any atom is 0.344 e. The number of Topliss-reactive ketones (excluding diaryl/α,β-unsaturated/α-hetero) is 1. The molecule has 3 rings (SSSR count). The lowest BCUT2D eigenvalue weighted by Gasteiger charge is -2.15. The molecule has 0 spiro atoms. The van der Waals surface area contributed by atoms with Gasteiger partial charge in [-0.25, -0.2) is 4.79 Å². The molecule has 0 aromatic heterocycles. The van der Waals surface area contributed by atoms with Gasteiger partial charge in [0.1, 0.15) is 5.75 Å². The van der Waals surface area contributed by atoms with Gasteiger partial charge in [0.2, 0.25) is 5.91 Å². The van der Waals surface area contributed by atoms with Crippen molar-refractivity contribution in [2.75, 3.05) is 24.7 Å². The van der Waals surface area contributed by atoms with Crippen LogP contribution in [0.4, 0.5) is 5.69 Å². The molecule has 0 atom stereocenters. The topological polar surface area (TPSA) is 72.9 Å². The predicted molar refractivity (Wildman–Crippen MR) is 105 cm³/mol. The number of amides is 1. The van der Waals surface area contributed by atoms with E-state index in [1.807, 2.05) is 32.0 Å². The van der Waals surface area contributed by atoms with Gasteiger partial charge in [0.15, 0.2) is 19.0 Å². The van der Waals surface area contributed by atoms with Gasteiger partial charge < -0.3 is 14.4 Å². The number of benzene rings is 2. The Morgan fingerprint density at radius 3 is 2.29 bits per heavy atom. The molecule has 1 aliphatic heterocycles. The van der Waals surface area contributed by atoms with E-state index in [9.17, 15) is 14.4 Å². The van der Waals surface area contributed by atoms with Crippen molar-refractivity contribution >= 4 is 23.3 Å². The molecular formula is C22H23NO5. The quantitative estimate of drug-likeness (QED) is 0.544. The number of nitrogens with zero attached hydrogens (tertiary/aromatic N) is 1. The van der Waals surface area contributed by atoms with Gasteiger partial charge in [-0.2, -0.15) is 0 Å². The molecule has 1 heterocycles. The highest BCUT2D eigenvalue weighted by Gasteiger charge is 2.21. The molecule has 1 fully saturated rings. The van der Waals surface area contributed by atoms with Gasteiger partial charge in [-0.3, -0.25) is 9.59 Å². The van der Waals surface area contributed by atoms with Crippen LogP contribution in [0.5, 0.6) is 5.75 Å². The number of anilines is 1. The second-order valence-electron chi connectivity index (χ2n) is 6.89. The predicted octanol–water partition coefficient (Wildman–Crippen LogP) is 3.24. The third kappa shape index (κ3) is 4.97. The second kappa shape index (κ2) is 8.69. The van der Waals surface area contributed by atoms with Crippen LogP contribution in [-0.4, -0.2) is 37.4 Å². The van der Waals surface area contributed by atoms with E-state index in [0.717, 1.165) is 23.2 Å². The van der Waals surface area contributed by atoms with Crippen molar-refractivity contribution in [2.45, 2.75) is 26.7 Å². The van der Waals surface area contributed by atoms with Crippen LogP contribution in [0, 0.1) is 13.8 Å². The lowest BCUT2D eigenvalue weighted by Crippen LogP contribution is -2.23. The highest BCUT2D eigenvalue weighted by atomic mass is 16.6. The Morgan fingerprint density at radius 2 is 1.68 bits per heavy atom. The van der Waals surface area contributed by atoms with E-state index in [4.69, 9.17) is 9.47 Å². The number of esters is 1. The monoisotopic (exact) mass is 381 g/mol. The minimum atomic E-state index is -0.605. The van der Waals surface area contributed by atoms with Crippen molar-refractivity contribution in [1.29, 1.82) is 0 Å². The molecule has 1 saturated heterocycles. The van der Waals surface area contributed by atoms with Gasteiger partial charge in [-0.05, 0) is 67.8 Å². The normalized spacial score (nSPS) is 13.5. The van der Waals surface area contributed by atoms with Crippen LogP contribution in [0.3, 0.4) is 0 Å². The Bertz CT molecular complexity index is 868. The van der Waals surface area contributed by atoms with Gasteiger partial charge in [-0.15, -0.1) is 0 Å². The lowest BCUT2D eigenvalue weighted by atomic mass is 10.1. The van der Waals surface area contributed by atoms with E-state index in [2.05, 4.69) is 0 Å². The third-order valence-corrected chi connectivity index (χ3v) is 4.49. The van der Waals surface area contributed by atoms with Gasteiger partial charge in [0.25, 0.3) is 0 Å². The zero-order valence-electron chi connectivity index (χ0n) is 16.1. The fourth-order valence-electron chi connectivity index (χ4n) is 3.18. The SMILES string of the molecule is Cc1cc(C)cc(OCC(=O)OCC(=O)c2ccc(N3CCCC3=O)cc2)c1. The number of ketones is 1. The fourth-order valence-corrected chi connectivity index (χ4v) is 3.18. The van der Waals surface area contributed by atoms with E-state index in [1.54, 1.807) is 29.2 Å². The number of carbonyl (C=O) groups excluding carboxylic acids is 3.